The summed E-state index contributed by atoms with van der Waals surface area (Å²) in [5, 5.41) is 3.07. The molecule has 0 bridgehead atoms. The van der Waals surface area contributed by atoms with E-state index in [-0.39, 0.29) is 11.3 Å². The smallest absolute Gasteiger partial charge is 0.251 e. The molecule has 1 amide bonds. The lowest BCUT2D eigenvalue weighted by atomic mass is 9.87. The predicted molar refractivity (Wildman–Crippen MR) is 131 cm³/mol. The summed E-state index contributed by atoms with van der Waals surface area (Å²) in [6.45, 7) is 11.8. The van der Waals surface area contributed by atoms with Crippen LogP contribution in [-0.2, 0) is 18.5 Å². The molecule has 1 N–H and O–H groups in total. The van der Waals surface area contributed by atoms with Crippen molar-refractivity contribution in [2.75, 3.05) is 0 Å². The van der Waals surface area contributed by atoms with Crippen molar-refractivity contribution < 1.29 is 4.79 Å². The van der Waals surface area contributed by atoms with Crippen molar-refractivity contribution in [1.29, 1.82) is 0 Å². The average molecular weight is 426 g/mol. The van der Waals surface area contributed by atoms with Crippen molar-refractivity contribution in [2.45, 2.75) is 53.1 Å². The van der Waals surface area contributed by atoms with E-state index in [4.69, 9.17) is 4.98 Å². The topological polar surface area (TPSA) is 46.9 Å². The van der Waals surface area contributed by atoms with Crippen LogP contribution in [0.3, 0.4) is 0 Å². The standard InChI is InChI=1S/C28H31N3O/c1-19-10-15-23(20(2)16-19)27(32)29-17-26-30-24-8-6-7-9-25(24)31(26)18-21-11-13-22(14-12-21)28(3,4)5/h6-16H,17-18H2,1-5H3,(H,29,32). The lowest BCUT2D eigenvalue weighted by molar-refractivity contribution is 0.0949. The Balaban J connectivity index is 1.59. The molecule has 0 radical (unpaired) electrons. The summed E-state index contributed by atoms with van der Waals surface area (Å²) in [6.07, 6.45) is 0. The highest BCUT2D eigenvalue weighted by molar-refractivity contribution is 5.95. The fourth-order valence-corrected chi connectivity index (χ4v) is 4.05. The van der Waals surface area contributed by atoms with Gasteiger partial charge in [-0.05, 0) is 54.2 Å². The summed E-state index contributed by atoms with van der Waals surface area (Å²) < 4.78 is 2.20. The molecule has 0 saturated carbocycles. The maximum Gasteiger partial charge on any atom is 0.251 e. The largest absolute Gasteiger partial charge is 0.345 e. The second kappa shape index (κ2) is 8.62. The van der Waals surface area contributed by atoms with Crippen LogP contribution >= 0.6 is 0 Å². The van der Waals surface area contributed by atoms with Gasteiger partial charge in [0.1, 0.15) is 5.82 Å². The Morgan fingerprint density at radius 2 is 1.69 bits per heavy atom. The number of fused-ring (bicyclic) bond motifs is 1. The minimum Gasteiger partial charge on any atom is -0.345 e. The molecule has 0 fully saturated rings. The maximum absolute atomic E-state index is 12.8. The summed E-state index contributed by atoms with van der Waals surface area (Å²) >= 11 is 0. The number of nitrogens with one attached hydrogen (secondary N) is 1. The quantitative estimate of drug-likeness (QED) is 0.431. The molecule has 0 unspecified atom stereocenters. The number of aryl methyl sites for hydroxylation is 2. The fourth-order valence-electron chi connectivity index (χ4n) is 4.05. The summed E-state index contributed by atoms with van der Waals surface area (Å²) in [7, 11) is 0. The third kappa shape index (κ3) is 4.59. The molecule has 0 spiro atoms. The van der Waals surface area contributed by atoms with Gasteiger partial charge < -0.3 is 9.88 Å². The van der Waals surface area contributed by atoms with Crippen LogP contribution in [0.15, 0.2) is 66.7 Å². The van der Waals surface area contributed by atoms with Gasteiger partial charge in [0, 0.05) is 12.1 Å². The summed E-state index contributed by atoms with van der Waals surface area (Å²) in [5.41, 5.74) is 7.51. The maximum atomic E-state index is 12.8. The molecule has 3 aromatic carbocycles. The number of hydrogen-bond acceptors (Lipinski definition) is 2. The van der Waals surface area contributed by atoms with Crippen LogP contribution in [0.25, 0.3) is 11.0 Å². The SMILES string of the molecule is Cc1ccc(C(=O)NCc2nc3ccccc3n2Cc2ccc(C(C)(C)C)cc2)c(C)c1. The average Bonchev–Trinajstić information content (AvgIpc) is 3.09. The Hall–Kier alpha value is -3.40. The van der Waals surface area contributed by atoms with E-state index >= 15 is 0 Å². The van der Waals surface area contributed by atoms with Crippen LogP contribution in [0, 0.1) is 13.8 Å². The van der Waals surface area contributed by atoms with Crippen molar-refractivity contribution >= 4 is 16.9 Å². The van der Waals surface area contributed by atoms with E-state index in [1.807, 2.05) is 50.2 Å². The number of para-hydroxylation sites is 2. The first-order valence-corrected chi connectivity index (χ1v) is 11.1. The Morgan fingerprint density at radius 1 is 0.969 bits per heavy atom. The highest BCUT2D eigenvalue weighted by Crippen LogP contribution is 2.24. The van der Waals surface area contributed by atoms with Crippen LogP contribution in [-0.4, -0.2) is 15.5 Å². The zero-order chi connectivity index (χ0) is 22.9. The van der Waals surface area contributed by atoms with E-state index < -0.39 is 0 Å². The van der Waals surface area contributed by atoms with Gasteiger partial charge in [-0.1, -0.05) is 74.9 Å². The molecule has 1 heterocycles. The number of carbonyl (C=O) groups excluding carboxylic acids is 1. The van der Waals surface area contributed by atoms with Crippen LogP contribution in [0.5, 0.6) is 0 Å². The predicted octanol–water partition coefficient (Wildman–Crippen LogP) is 5.93. The molecular formula is C28H31N3O. The molecule has 0 aliphatic carbocycles. The van der Waals surface area contributed by atoms with E-state index in [1.165, 1.54) is 11.1 Å². The Kier molecular flexibility index (Phi) is 5.88. The second-order valence-electron chi connectivity index (χ2n) is 9.55. The molecule has 0 aliphatic heterocycles. The zero-order valence-electron chi connectivity index (χ0n) is 19.6. The van der Waals surface area contributed by atoms with Crippen molar-refractivity contribution in [3.8, 4) is 0 Å². The molecule has 0 atom stereocenters. The summed E-state index contributed by atoms with van der Waals surface area (Å²) in [4.78, 5) is 17.6. The van der Waals surface area contributed by atoms with Gasteiger partial charge in [0.25, 0.3) is 5.91 Å². The van der Waals surface area contributed by atoms with E-state index in [9.17, 15) is 4.79 Å². The van der Waals surface area contributed by atoms with Gasteiger partial charge in [-0.25, -0.2) is 4.98 Å². The van der Waals surface area contributed by atoms with Gasteiger partial charge >= 0.3 is 0 Å². The van der Waals surface area contributed by atoms with Gasteiger partial charge in [-0.2, -0.15) is 0 Å². The van der Waals surface area contributed by atoms with Crippen molar-refractivity contribution in [3.63, 3.8) is 0 Å². The normalized spacial score (nSPS) is 11.7. The molecule has 4 nitrogen and oxygen atoms in total. The zero-order valence-corrected chi connectivity index (χ0v) is 19.6. The molecule has 4 rings (SSSR count). The highest BCUT2D eigenvalue weighted by atomic mass is 16.1. The Labute approximate surface area is 190 Å². The fraction of sp³-hybridized carbons (Fsp3) is 0.286. The molecule has 4 heteroatoms. The number of carbonyl (C=O) groups is 1. The highest BCUT2D eigenvalue weighted by Gasteiger charge is 2.16. The van der Waals surface area contributed by atoms with Gasteiger partial charge in [0.05, 0.1) is 17.6 Å². The summed E-state index contributed by atoms with van der Waals surface area (Å²) in [5.74, 6) is 0.778. The monoisotopic (exact) mass is 425 g/mol. The number of aromatic nitrogens is 2. The lowest BCUT2D eigenvalue weighted by Crippen LogP contribution is -2.25. The minimum absolute atomic E-state index is 0.0735. The minimum atomic E-state index is -0.0735. The molecule has 32 heavy (non-hydrogen) atoms. The first kappa shape index (κ1) is 21.8. The number of imidazole rings is 1. The second-order valence-corrected chi connectivity index (χ2v) is 9.55. The molecule has 0 aliphatic rings. The van der Waals surface area contributed by atoms with Gasteiger partial charge in [-0.3, -0.25) is 4.79 Å². The number of benzene rings is 3. The van der Waals surface area contributed by atoms with Gasteiger partial charge in [0.2, 0.25) is 0 Å². The molecule has 4 aromatic rings. The first-order chi connectivity index (χ1) is 15.2. The van der Waals surface area contributed by atoms with Crippen molar-refractivity contribution in [3.05, 3.63) is 100 Å². The molecule has 0 saturated heterocycles. The molecule has 1 aromatic heterocycles. The number of amides is 1. The van der Waals surface area contributed by atoms with E-state index in [2.05, 4.69) is 61.0 Å². The first-order valence-electron chi connectivity index (χ1n) is 11.1. The van der Waals surface area contributed by atoms with Gasteiger partial charge in [0.15, 0.2) is 0 Å². The van der Waals surface area contributed by atoms with Crippen molar-refractivity contribution in [2.24, 2.45) is 0 Å². The number of rotatable bonds is 5. The van der Waals surface area contributed by atoms with Crippen LogP contribution in [0.4, 0.5) is 0 Å². The van der Waals surface area contributed by atoms with Crippen molar-refractivity contribution in [1.82, 2.24) is 14.9 Å². The van der Waals surface area contributed by atoms with E-state index in [0.29, 0.717) is 18.7 Å². The molecule has 164 valence electrons. The van der Waals surface area contributed by atoms with E-state index in [0.717, 1.165) is 28.0 Å². The number of hydrogen-bond donors (Lipinski definition) is 1. The molecular weight excluding hydrogens is 394 g/mol. The Morgan fingerprint density at radius 3 is 2.38 bits per heavy atom. The number of nitrogens with zero attached hydrogens (tertiary/aromatic N) is 2. The van der Waals surface area contributed by atoms with Crippen LogP contribution in [0.2, 0.25) is 0 Å². The third-order valence-corrected chi connectivity index (χ3v) is 5.93. The lowest BCUT2D eigenvalue weighted by Gasteiger charge is -2.19. The van der Waals surface area contributed by atoms with Gasteiger partial charge in [-0.15, -0.1) is 0 Å². The van der Waals surface area contributed by atoms with Crippen LogP contribution in [0.1, 0.15) is 59.2 Å². The third-order valence-electron chi connectivity index (χ3n) is 5.93. The van der Waals surface area contributed by atoms with Crippen LogP contribution < -0.4 is 5.32 Å². The Bertz CT molecular complexity index is 1260. The summed E-state index contributed by atoms with van der Waals surface area (Å²) in [6, 6.07) is 22.8. The van der Waals surface area contributed by atoms with E-state index in [1.54, 1.807) is 0 Å².